The fourth-order valence-electron chi connectivity index (χ4n) is 3.54. The van der Waals surface area contributed by atoms with Crippen LogP contribution in [-0.2, 0) is 23.0 Å². The van der Waals surface area contributed by atoms with Crippen LogP contribution in [0.25, 0.3) is 0 Å². The van der Waals surface area contributed by atoms with E-state index in [1.165, 1.54) is 22.0 Å². The van der Waals surface area contributed by atoms with E-state index in [4.69, 9.17) is 4.52 Å². The molecule has 1 N–H and O–H groups in total. The number of sulfonamides is 1. The van der Waals surface area contributed by atoms with E-state index >= 15 is 0 Å². The normalized spacial score (nSPS) is 14.4. The van der Waals surface area contributed by atoms with Gasteiger partial charge in [0.05, 0.1) is 10.6 Å². The number of hydrogen-bond donors (Lipinski definition) is 1. The number of carbonyl (C=O) groups excluding carboxylic acids is 1. The molecule has 0 aliphatic carbocycles. The summed E-state index contributed by atoms with van der Waals surface area (Å²) in [5, 5.41) is 6.52. The molecule has 2 aromatic carbocycles. The summed E-state index contributed by atoms with van der Waals surface area (Å²) in [6.07, 6.45) is 0.695. The fraction of sp³-hybridized carbons (Fsp3) is 0.238. The van der Waals surface area contributed by atoms with Crippen molar-refractivity contribution in [2.75, 3.05) is 11.9 Å². The Kier molecular flexibility index (Phi) is 4.97. The minimum absolute atomic E-state index is 0.201. The first-order valence-corrected chi connectivity index (χ1v) is 10.7. The third-order valence-electron chi connectivity index (χ3n) is 5.11. The van der Waals surface area contributed by atoms with E-state index in [2.05, 4.69) is 10.5 Å². The van der Waals surface area contributed by atoms with Gasteiger partial charge in [-0.05, 0) is 55.7 Å². The number of aryl methyl sites for hydroxylation is 2. The van der Waals surface area contributed by atoms with E-state index in [1.807, 2.05) is 24.3 Å². The number of nitrogens with one attached hydrogen (secondary N) is 1. The maximum absolute atomic E-state index is 13.0. The summed E-state index contributed by atoms with van der Waals surface area (Å²) in [6.45, 7) is 4.17. The van der Waals surface area contributed by atoms with Crippen molar-refractivity contribution in [1.29, 1.82) is 0 Å². The Labute approximate surface area is 169 Å². The van der Waals surface area contributed by atoms with Gasteiger partial charge in [-0.25, -0.2) is 8.42 Å². The van der Waals surface area contributed by atoms with Crippen molar-refractivity contribution in [2.45, 2.75) is 31.7 Å². The molecule has 8 heteroatoms. The quantitative estimate of drug-likeness (QED) is 0.711. The lowest BCUT2D eigenvalue weighted by atomic mass is 10.0. The second kappa shape index (κ2) is 7.46. The van der Waals surface area contributed by atoms with Gasteiger partial charge in [0.25, 0.3) is 5.91 Å². The summed E-state index contributed by atoms with van der Waals surface area (Å²) in [7, 11) is -3.61. The molecule has 0 spiro atoms. The molecule has 0 radical (unpaired) electrons. The molecule has 0 bridgehead atoms. The molecule has 0 unspecified atom stereocenters. The van der Waals surface area contributed by atoms with Gasteiger partial charge in [0, 0.05) is 18.8 Å². The van der Waals surface area contributed by atoms with Gasteiger partial charge in [0.1, 0.15) is 11.3 Å². The van der Waals surface area contributed by atoms with E-state index in [9.17, 15) is 13.2 Å². The van der Waals surface area contributed by atoms with Crippen LogP contribution in [0.5, 0.6) is 0 Å². The van der Waals surface area contributed by atoms with Crippen LogP contribution in [0.1, 0.15) is 32.9 Å². The first kappa shape index (κ1) is 19.4. The molecule has 1 amide bonds. The number of anilines is 1. The maximum Gasteiger partial charge on any atom is 0.261 e. The SMILES string of the molecule is Cc1noc(C)c1C(=O)Nc1ccc(S(=O)(=O)N2CCc3ccccc3C2)cc1. The minimum Gasteiger partial charge on any atom is -0.361 e. The maximum atomic E-state index is 13.0. The van der Waals surface area contributed by atoms with Crippen LogP contribution in [0.15, 0.2) is 57.9 Å². The van der Waals surface area contributed by atoms with Gasteiger partial charge in [-0.2, -0.15) is 4.31 Å². The summed E-state index contributed by atoms with van der Waals surface area (Å²) < 4.78 is 32.6. The average molecular weight is 411 g/mol. The first-order chi connectivity index (χ1) is 13.9. The summed E-state index contributed by atoms with van der Waals surface area (Å²) >= 11 is 0. The van der Waals surface area contributed by atoms with Gasteiger partial charge in [-0.3, -0.25) is 4.79 Å². The number of hydrogen-bond acceptors (Lipinski definition) is 5. The molecule has 4 rings (SSSR count). The van der Waals surface area contributed by atoms with Crippen LogP contribution in [0, 0.1) is 13.8 Å². The highest BCUT2D eigenvalue weighted by Crippen LogP contribution is 2.26. The van der Waals surface area contributed by atoms with Crippen LogP contribution < -0.4 is 5.32 Å². The zero-order valence-electron chi connectivity index (χ0n) is 16.2. The van der Waals surface area contributed by atoms with E-state index in [-0.39, 0.29) is 10.8 Å². The Bertz CT molecular complexity index is 1150. The van der Waals surface area contributed by atoms with Gasteiger partial charge in [0.15, 0.2) is 0 Å². The summed E-state index contributed by atoms with van der Waals surface area (Å²) in [5.41, 5.74) is 3.61. The molecule has 3 aromatic rings. The van der Waals surface area contributed by atoms with Crippen molar-refractivity contribution < 1.29 is 17.7 Å². The van der Waals surface area contributed by atoms with Crippen LogP contribution in [-0.4, -0.2) is 30.3 Å². The lowest BCUT2D eigenvalue weighted by Gasteiger charge is -2.28. The highest BCUT2D eigenvalue weighted by molar-refractivity contribution is 7.89. The number of amides is 1. The summed E-state index contributed by atoms with van der Waals surface area (Å²) in [5.74, 6) is 0.0917. The fourth-order valence-corrected chi connectivity index (χ4v) is 4.95. The predicted molar refractivity (Wildman–Crippen MR) is 108 cm³/mol. The molecule has 7 nitrogen and oxygen atoms in total. The smallest absolute Gasteiger partial charge is 0.261 e. The van der Waals surface area contributed by atoms with Crippen molar-refractivity contribution in [1.82, 2.24) is 9.46 Å². The lowest BCUT2D eigenvalue weighted by Crippen LogP contribution is -2.35. The Balaban J connectivity index is 1.51. The van der Waals surface area contributed by atoms with Crippen molar-refractivity contribution in [3.05, 3.63) is 76.7 Å². The topological polar surface area (TPSA) is 92.5 Å². The van der Waals surface area contributed by atoms with E-state index in [0.29, 0.717) is 42.2 Å². The highest BCUT2D eigenvalue weighted by Gasteiger charge is 2.28. The number of carbonyl (C=O) groups is 1. The minimum atomic E-state index is -3.61. The molecule has 0 fully saturated rings. The van der Waals surface area contributed by atoms with Crippen LogP contribution in [0.3, 0.4) is 0 Å². The molecular formula is C21H21N3O4S. The van der Waals surface area contributed by atoms with Gasteiger partial charge in [-0.1, -0.05) is 29.4 Å². The van der Waals surface area contributed by atoms with Crippen molar-refractivity contribution >= 4 is 21.6 Å². The third kappa shape index (κ3) is 3.68. The highest BCUT2D eigenvalue weighted by atomic mass is 32.2. The van der Waals surface area contributed by atoms with E-state index < -0.39 is 10.0 Å². The molecule has 1 aliphatic heterocycles. The molecule has 29 heavy (non-hydrogen) atoms. The van der Waals surface area contributed by atoms with Gasteiger partial charge >= 0.3 is 0 Å². The summed E-state index contributed by atoms with van der Waals surface area (Å²) in [6, 6.07) is 14.1. The van der Waals surface area contributed by atoms with E-state index in [0.717, 1.165) is 5.56 Å². The summed E-state index contributed by atoms with van der Waals surface area (Å²) in [4.78, 5) is 12.6. The lowest BCUT2D eigenvalue weighted by molar-refractivity contribution is 0.102. The standard InChI is InChI=1S/C21H21N3O4S/c1-14-20(15(2)28-23-14)21(25)22-18-7-9-19(10-8-18)29(26,27)24-12-11-16-5-3-4-6-17(16)13-24/h3-10H,11-13H2,1-2H3,(H,22,25). The number of aromatic nitrogens is 1. The largest absolute Gasteiger partial charge is 0.361 e. The molecule has 2 heterocycles. The van der Waals surface area contributed by atoms with Crippen molar-refractivity contribution in [3.8, 4) is 0 Å². The molecule has 1 aromatic heterocycles. The molecular weight excluding hydrogens is 390 g/mol. The average Bonchev–Trinajstić information content (AvgIpc) is 3.06. The molecule has 1 aliphatic rings. The van der Waals surface area contributed by atoms with Gasteiger partial charge in [0.2, 0.25) is 10.0 Å². The molecule has 0 saturated carbocycles. The number of fused-ring (bicyclic) bond motifs is 1. The van der Waals surface area contributed by atoms with Crippen molar-refractivity contribution in [2.24, 2.45) is 0 Å². The second-order valence-electron chi connectivity index (χ2n) is 7.03. The number of benzene rings is 2. The van der Waals surface area contributed by atoms with Gasteiger partial charge in [-0.15, -0.1) is 0 Å². The Morgan fingerprint density at radius 1 is 1.07 bits per heavy atom. The van der Waals surface area contributed by atoms with Crippen LogP contribution in [0.2, 0.25) is 0 Å². The number of nitrogens with zero attached hydrogens (tertiary/aromatic N) is 2. The number of rotatable bonds is 4. The molecule has 0 saturated heterocycles. The van der Waals surface area contributed by atoms with Crippen molar-refractivity contribution in [3.63, 3.8) is 0 Å². The first-order valence-electron chi connectivity index (χ1n) is 9.27. The van der Waals surface area contributed by atoms with E-state index in [1.54, 1.807) is 26.0 Å². The zero-order chi connectivity index (χ0) is 20.6. The predicted octanol–water partition coefficient (Wildman–Crippen LogP) is 3.29. The Morgan fingerprint density at radius 3 is 2.41 bits per heavy atom. The molecule has 0 atom stereocenters. The Hall–Kier alpha value is -2.97. The molecule has 150 valence electrons. The third-order valence-corrected chi connectivity index (χ3v) is 6.97. The Morgan fingerprint density at radius 2 is 1.76 bits per heavy atom. The second-order valence-corrected chi connectivity index (χ2v) is 8.97. The monoisotopic (exact) mass is 411 g/mol. The van der Waals surface area contributed by atoms with Crippen LogP contribution in [0.4, 0.5) is 5.69 Å². The zero-order valence-corrected chi connectivity index (χ0v) is 17.0. The van der Waals surface area contributed by atoms with Crippen LogP contribution >= 0.6 is 0 Å². The van der Waals surface area contributed by atoms with Gasteiger partial charge < -0.3 is 9.84 Å².